The quantitative estimate of drug-likeness (QED) is 0.867. The van der Waals surface area contributed by atoms with Crippen LogP contribution in [0.3, 0.4) is 0 Å². The van der Waals surface area contributed by atoms with E-state index >= 15 is 0 Å². The first kappa shape index (κ1) is 17.7. The zero-order valence-corrected chi connectivity index (χ0v) is 16.3. The largest absolute Gasteiger partial charge is 0.497 e. The Balaban J connectivity index is 1.60. The molecule has 26 heavy (non-hydrogen) atoms. The first-order valence-electron chi connectivity index (χ1n) is 9.01. The van der Waals surface area contributed by atoms with Crippen molar-refractivity contribution in [1.29, 1.82) is 0 Å². The summed E-state index contributed by atoms with van der Waals surface area (Å²) in [6.07, 6.45) is 0. The van der Waals surface area contributed by atoms with E-state index in [-0.39, 0.29) is 17.9 Å². The van der Waals surface area contributed by atoms with Gasteiger partial charge < -0.3 is 14.6 Å². The molecule has 2 aliphatic heterocycles. The van der Waals surface area contributed by atoms with E-state index in [0.717, 1.165) is 36.8 Å². The number of aromatic nitrogens is 2. The predicted molar refractivity (Wildman–Crippen MR) is 100 cm³/mol. The van der Waals surface area contributed by atoms with Gasteiger partial charge in [-0.15, -0.1) is 5.10 Å². The van der Waals surface area contributed by atoms with Crippen molar-refractivity contribution in [2.45, 2.75) is 32.2 Å². The van der Waals surface area contributed by atoms with Crippen molar-refractivity contribution in [3.8, 4) is 11.5 Å². The van der Waals surface area contributed by atoms with Crippen LogP contribution in [0.25, 0.3) is 0 Å². The second-order valence-corrected chi connectivity index (χ2v) is 8.51. The van der Waals surface area contributed by atoms with Crippen molar-refractivity contribution in [1.82, 2.24) is 14.5 Å². The van der Waals surface area contributed by atoms with Crippen LogP contribution < -0.4 is 9.47 Å². The minimum atomic E-state index is -0.252. The smallest absolute Gasteiger partial charge is 0.126 e. The minimum absolute atomic E-state index is 0.123. The number of ether oxygens (including phenoxy) is 2. The van der Waals surface area contributed by atoms with Crippen LogP contribution in [0.4, 0.5) is 0 Å². The lowest BCUT2D eigenvalue weighted by Gasteiger charge is -2.38. The topological polar surface area (TPSA) is 67.7 Å². The molecule has 1 fully saturated rings. The standard InChI is InChI=1S/C19H25N3O3S/c1-12(2)18-17(26-21-20-18)8-22-7-15-14-5-4-13(24-3)6-16(14)25-11-19(15,9-22)10-23/h4-6,12,15,23H,7-11H2,1-3H3. The Bertz CT molecular complexity index is 794. The van der Waals surface area contributed by atoms with E-state index in [4.69, 9.17) is 9.47 Å². The maximum atomic E-state index is 10.2. The average Bonchev–Trinajstić information content (AvgIpc) is 3.26. The number of fused-ring (bicyclic) bond motifs is 3. The Morgan fingerprint density at radius 2 is 2.31 bits per heavy atom. The Morgan fingerprint density at radius 3 is 3.04 bits per heavy atom. The molecular formula is C19H25N3O3S. The van der Waals surface area contributed by atoms with Gasteiger partial charge in [-0.2, -0.15) is 0 Å². The van der Waals surface area contributed by atoms with Crippen molar-refractivity contribution >= 4 is 11.5 Å². The molecule has 7 heteroatoms. The number of likely N-dealkylation sites (tertiary alicyclic amines) is 1. The number of hydrogen-bond acceptors (Lipinski definition) is 7. The number of aliphatic hydroxyl groups excluding tert-OH is 1. The molecule has 0 saturated carbocycles. The molecule has 2 aromatic rings. The summed E-state index contributed by atoms with van der Waals surface area (Å²) in [7, 11) is 1.66. The Kier molecular flexibility index (Phi) is 4.62. The van der Waals surface area contributed by atoms with Gasteiger partial charge in [-0.05, 0) is 29.1 Å². The van der Waals surface area contributed by atoms with Gasteiger partial charge in [0.1, 0.15) is 11.5 Å². The van der Waals surface area contributed by atoms with E-state index in [9.17, 15) is 5.11 Å². The van der Waals surface area contributed by atoms with Gasteiger partial charge >= 0.3 is 0 Å². The molecule has 1 N–H and O–H groups in total. The van der Waals surface area contributed by atoms with E-state index in [0.29, 0.717) is 12.5 Å². The molecule has 0 radical (unpaired) electrons. The summed E-state index contributed by atoms with van der Waals surface area (Å²) in [5.41, 5.74) is 2.00. The van der Waals surface area contributed by atoms with E-state index in [2.05, 4.69) is 34.4 Å². The van der Waals surface area contributed by atoms with Gasteiger partial charge in [0.2, 0.25) is 0 Å². The summed E-state index contributed by atoms with van der Waals surface area (Å²) < 4.78 is 15.5. The molecule has 2 aliphatic rings. The van der Waals surface area contributed by atoms with Crippen LogP contribution in [0.1, 0.15) is 41.8 Å². The lowest BCUT2D eigenvalue weighted by molar-refractivity contribution is 0.0456. The number of aliphatic hydroxyl groups is 1. The maximum absolute atomic E-state index is 10.2. The Labute approximate surface area is 157 Å². The number of rotatable bonds is 5. The first-order valence-corrected chi connectivity index (χ1v) is 9.79. The third-order valence-corrected chi connectivity index (χ3v) is 6.37. The SMILES string of the molecule is COc1ccc2c(c1)OCC1(CO)CN(Cc3snnc3C(C)C)CC21. The lowest BCUT2D eigenvalue weighted by atomic mass is 9.74. The van der Waals surface area contributed by atoms with Crippen LogP contribution in [-0.4, -0.2) is 53.0 Å². The molecule has 2 unspecified atom stereocenters. The number of hydrogen-bond donors (Lipinski definition) is 1. The van der Waals surface area contributed by atoms with E-state index in [1.807, 2.05) is 12.1 Å². The Morgan fingerprint density at radius 1 is 1.46 bits per heavy atom. The van der Waals surface area contributed by atoms with Crippen LogP contribution in [0.15, 0.2) is 18.2 Å². The molecule has 1 saturated heterocycles. The molecule has 0 aliphatic carbocycles. The summed E-state index contributed by atoms with van der Waals surface area (Å²) >= 11 is 1.48. The molecule has 1 aromatic carbocycles. The van der Waals surface area contributed by atoms with Crippen LogP contribution in [-0.2, 0) is 6.54 Å². The highest BCUT2D eigenvalue weighted by molar-refractivity contribution is 7.05. The highest BCUT2D eigenvalue weighted by atomic mass is 32.1. The van der Waals surface area contributed by atoms with Crippen LogP contribution >= 0.6 is 11.5 Å². The normalized spacial score (nSPS) is 25.0. The van der Waals surface area contributed by atoms with Gasteiger partial charge in [-0.25, -0.2) is 0 Å². The summed E-state index contributed by atoms with van der Waals surface area (Å²) in [5, 5.41) is 14.5. The number of benzene rings is 1. The van der Waals surface area contributed by atoms with Gasteiger partial charge in [0.15, 0.2) is 0 Å². The summed E-state index contributed by atoms with van der Waals surface area (Å²) in [4.78, 5) is 3.63. The second-order valence-electron chi connectivity index (χ2n) is 7.67. The lowest BCUT2D eigenvalue weighted by Crippen LogP contribution is -2.42. The van der Waals surface area contributed by atoms with Gasteiger partial charge in [0.25, 0.3) is 0 Å². The fourth-order valence-electron chi connectivity index (χ4n) is 4.22. The highest BCUT2D eigenvalue weighted by Gasteiger charge is 2.51. The molecule has 3 heterocycles. The van der Waals surface area contributed by atoms with Crippen molar-refractivity contribution in [2.75, 3.05) is 33.4 Å². The molecule has 0 bridgehead atoms. The number of methoxy groups -OCH3 is 1. The zero-order chi connectivity index (χ0) is 18.3. The fraction of sp³-hybridized carbons (Fsp3) is 0.579. The zero-order valence-electron chi connectivity index (χ0n) is 15.4. The average molecular weight is 375 g/mol. The third kappa shape index (κ3) is 2.88. The van der Waals surface area contributed by atoms with Crippen molar-refractivity contribution in [2.24, 2.45) is 5.41 Å². The van der Waals surface area contributed by atoms with Gasteiger partial charge in [-0.1, -0.05) is 24.4 Å². The molecule has 140 valence electrons. The van der Waals surface area contributed by atoms with Crippen molar-refractivity contribution in [3.05, 3.63) is 34.3 Å². The summed E-state index contributed by atoms with van der Waals surface area (Å²) in [5.74, 6) is 2.30. The van der Waals surface area contributed by atoms with E-state index in [1.54, 1.807) is 7.11 Å². The molecule has 2 atom stereocenters. The van der Waals surface area contributed by atoms with Crippen LogP contribution in [0.2, 0.25) is 0 Å². The second kappa shape index (κ2) is 6.79. The van der Waals surface area contributed by atoms with Gasteiger partial charge in [0.05, 0.1) is 30.9 Å². The van der Waals surface area contributed by atoms with Crippen LogP contribution in [0, 0.1) is 5.41 Å². The Hall–Kier alpha value is -1.70. The number of nitrogens with zero attached hydrogens (tertiary/aromatic N) is 3. The predicted octanol–water partition coefficient (Wildman–Crippen LogP) is 2.64. The molecule has 4 rings (SSSR count). The van der Waals surface area contributed by atoms with E-state index in [1.165, 1.54) is 22.0 Å². The third-order valence-electron chi connectivity index (χ3n) is 5.64. The van der Waals surface area contributed by atoms with Gasteiger partial charge in [-0.3, -0.25) is 4.90 Å². The van der Waals surface area contributed by atoms with Crippen molar-refractivity contribution in [3.63, 3.8) is 0 Å². The fourth-order valence-corrected chi connectivity index (χ4v) is 5.05. The monoisotopic (exact) mass is 375 g/mol. The van der Waals surface area contributed by atoms with Gasteiger partial charge in [0, 0.05) is 37.0 Å². The highest BCUT2D eigenvalue weighted by Crippen LogP contribution is 2.50. The van der Waals surface area contributed by atoms with Crippen molar-refractivity contribution < 1.29 is 14.6 Å². The molecule has 1 aromatic heterocycles. The van der Waals surface area contributed by atoms with Crippen LogP contribution in [0.5, 0.6) is 11.5 Å². The summed E-state index contributed by atoms with van der Waals surface area (Å²) in [6, 6.07) is 6.01. The molecular weight excluding hydrogens is 350 g/mol. The molecule has 0 spiro atoms. The van der Waals surface area contributed by atoms with E-state index < -0.39 is 0 Å². The molecule has 6 nitrogen and oxygen atoms in total. The molecule has 0 amide bonds. The maximum Gasteiger partial charge on any atom is 0.126 e. The first-order chi connectivity index (χ1) is 12.6. The minimum Gasteiger partial charge on any atom is -0.497 e. The summed E-state index contributed by atoms with van der Waals surface area (Å²) in [6.45, 7) is 7.50.